The van der Waals surface area contributed by atoms with Crippen molar-refractivity contribution in [3.63, 3.8) is 0 Å². The maximum Gasteiger partial charge on any atom is 0.295 e. The summed E-state index contributed by atoms with van der Waals surface area (Å²) in [6.07, 6.45) is 0. The maximum absolute atomic E-state index is 11.0. The Balaban J connectivity index is 3.67. The van der Waals surface area contributed by atoms with Crippen LogP contribution in [0.15, 0.2) is 28.0 Å². The lowest BCUT2D eigenvalue weighted by Gasteiger charge is -2.14. The van der Waals surface area contributed by atoms with Crippen LogP contribution in [-0.4, -0.2) is 40.0 Å². The Bertz CT molecular complexity index is 632. The van der Waals surface area contributed by atoms with E-state index in [-0.39, 0.29) is 0 Å². The van der Waals surface area contributed by atoms with Crippen LogP contribution in [0, 0.1) is 0 Å². The zero-order valence-corrected chi connectivity index (χ0v) is 10.7. The van der Waals surface area contributed by atoms with E-state index >= 15 is 0 Å². The molecule has 0 atom stereocenters. The smallest absolute Gasteiger partial charge is 0.295 e. The molecule has 0 radical (unpaired) electrons. The van der Waals surface area contributed by atoms with E-state index in [2.05, 4.69) is 0 Å². The summed E-state index contributed by atoms with van der Waals surface area (Å²) in [6, 6.07) is 3.17. The van der Waals surface area contributed by atoms with Gasteiger partial charge >= 0.3 is 0 Å². The molecule has 0 aliphatic carbocycles. The van der Waals surface area contributed by atoms with Gasteiger partial charge in [-0.1, -0.05) is 0 Å². The molecule has 0 spiro atoms. The highest BCUT2D eigenvalue weighted by atomic mass is 32.2. The first-order chi connectivity index (χ1) is 7.53. The minimum Gasteiger partial charge on any atom is -0.378 e. The molecule has 0 saturated carbocycles. The molecular formula is C8H11NO6S2. The molecule has 1 aromatic rings. The van der Waals surface area contributed by atoms with Crippen molar-refractivity contribution in [3.8, 4) is 0 Å². The van der Waals surface area contributed by atoms with Crippen molar-refractivity contribution in [1.82, 2.24) is 0 Å². The van der Waals surface area contributed by atoms with E-state index in [0.29, 0.717) is 5.69 Å². The van der Waals surface area contributed by atoms with E-state index in [1.807, 2.05) is 0 Å². The van der Waals surface area contributed by atoms with Crippen molar-refractivity contribution in [2.75, 3.05) is 19.0 Å². The summed E-state index contributed by atoms with van der Waals surface area (Å²) in [7, 11) is -6.24. The second-order valence-electron chi connectivity index (χ2n) is 3.48. The summed E-state index contributed by atoms with van der Waals surface area (Å²) in [4.78, 5) is -0.195. The number of rotatable bonds is 3. The third kappa shape index (κ3) is 3.16. The van der Waals surface area contributed by atoms with E-state index in [4.69, 9.17) is 9.11 Å². The molecule has 2 N–H and O–H groups in total. The second kappa shape index (κ2) is 4.26. The average molecular weight is 281 g/mol. The summed E-state index contributed by atoms with van der Waals surface area (Å²) in [6.45, 7) is 0. The fourth-order valence-corrected chi connectivity index (χ4v) is 2.97. The molecule has 0 aliphatic rings. The van der Waals surface area contributed by atoms with Crippen molar-refractivity contribution >= 4 is 25.9 Å². The molecule has 0 bridgehead atoms. The normalized spacial score (nSPS) is 12.5. The van der Waals surface area contributed by atoms with E-state index in [9.17, 15) is 16.8 Å². The lowest BCUT2D eigenvalue weighted by molar-refractivity contribution is 0.466. The van der Waals surface area contributed by atoms with Crippen molar-refractivity contribution in [2.45, 2.75) is 9.79 Å². The van der Waals surface area contributed by atoms with Crippen molar-refractivity contribution in [2.24, 2.45) is 0 Å². The van der Waals surface area contributed by atoms with Crippen molar-refractivity contribution in [3.05, 3.63) is 18.2 Å². The molecule has 0 aromatic heterocycles. The summed E-state index contributed by atoms with van der Waals surface area (Å²) < 4.78 is 61.7. The largest absolute Gasteiger partial charge is 0.378 e. The van der Waals surface area contributed by atoms with E-state index in [0.717, 1.165) is 12.1 Å². The Kier molecular flexibility index (Phi) is 3.48. The van der Waals surface area contributed by atoms with E-state index < -0.39 is 30.0 Å². The molecular weight excluding hydrogens is 270 g/mol. The number of benzene rings is 1. The molecule has 17 heavy (non-hydrogen) atoms. The molecule has 0 saturated heterocycles. The Labute approximate surface area is 99.2 Å². The third-order valence-corrected chi connectivity index (χ3v) is 3.93. The van der Waals surface area contributed by atoms with Gasteiger partial charge in [0.05, 0.1) is 0 Å². The predicted molar refractivity (Wildman–Crippen MR) is 60.4 cm³/mol. The lowest BCUT2D eigenvalue weighted by Crippen LogP contribution is -2.13. The molecule has 0 amide bonds. The average Bonchev–Trinajstić information content (AvgIpc) is 2.14. The number of hydrogen-bond acceptors (Lipinski definition) is 5. The standard InChI is InChI=1S/C8H11NO6S2/c1-9(2)6-3-4-7(16(10,11)12)8(5-6)17(13,14)15/h3-5H,1-2H3,(H,10,11,12)(H,13,14,15). The molecule has 9 heteroatoms. The highest BCUT2D eigenvalue weighted by Gasteiger charge is 2.24. The molecule has 0 unspecified atom stereocenters. The second-order valence-corrected chi connectivity index (χ2v) is 6.26. The van der Waals surface area contributed by atoms with Gasteiger partial charge in [-0.25, -0.2) is 0 Å². The van der Waals surface area contributed by atoms with Gasteiger partial charge in [0.25, 0.3) is 20.2 Å². The molecule has 1 rings (SSSR count). The maximum atomic E-state index is 11.0. The SMILES string of the molecule is CN(C)c1ccc(S(=O)(=O)O)c(S(=O)(=O)O)c1. The Morgan fingerprint density at radius 1 is 0.941 bits per heavy atom. The first-order valence-corrected chi connectivity index (χ1v) is 7.18. The van der Waals surface area contributed by atoms with Gasteiger partial charge in [0.15, 0.2) is 0 Å². The monoisotopic (exact) mass is 281 g/mol. The van der Waals surface area contributed by atoms with Crippen LogP contribution in [-0.2, 0) is 20.2 Å². The van der Waals surface area contributed by atoms with Crippen LogP contribution in [0.4, 0.5) is 5.69 Å². The topological polar surface area (TPSA) is 112 Å². The van der Waals surface area contributed by atoms with Gasteiger partial charge in [0.1, 0.15) is 9.79 Å². The zero-order valence-electron chi connectivity index (χ0n) is 9.02. The van der Waals surface area contributed by atoms with Gasteiger partial charge in [-0.15, -0.1) is 0 Å². The zero-order chi connectivity index (χ0) is 13.4. The molecule has 96 valence electrons. The van der Waals surface area contributed by atoms with E-state index in [1.54, 1.807) is 14.1 Å². The minimum atomic E-state index is -4.74. The number of nitrogens with zero attached hydrogens (tertiary/aromatic N) is 1. The van der Waals surface area contributed by atoms with Crippen molar-refractivity contribution < 1.29 is 25.9 Å². The van der Waals surface area contributed by atoms with Crippen LogP contribution in [0.25, 0.3) is 0 Å². The number of anilines is 1. The van der Waals surface area contributed by atoms with Crippen LogP contribution in [0.2, 0.25) is 0 Å². The highest BCUT2D eigenvalue weighted by molar-refractivity contribution is 7.89. The fourth-order valence-electron chi connectivity index (χ4n) is 1.19. The fraction of sp³-hybridized carbons (Fsp3) is 0.250. The summed E-state index contributed by atoms with van der Waals surface area (Å²) in [5.74, 6) is 0. The summed E-state index contributed by atoms with van der Waals surface area (Å²) in [5.41, 5.74) is 0.366. The van der Waals surface area contributed by atoms with Gasteiger partial charge in [0.2, 0.25) is 0 Å². The van der Waals surface area contributed by atoms with Crippen LogP contribution < -0.4 is 4.90 Å². The Morgan fingerprint density at radius 3 is 1.76 bits per heavy atom. The summed E-state index contributed by atoms with van der Waals surface area (Å²) in [5, 5.41) is 0. The van der Waals surface area contributed by atoms with Gasteiger partial charge in [-0.2, -0.15) is 16.8 Å². The Hall–Kier alpha value is -1.16. The Morgan fingerprint density at radius 2 is 1.41 bits per heavy atom. The third-order valence-electron chi connectivity index (χ3n) is 2.00. The van der Waals surface area contributed by atoms with Gasteiger partial charge < -0.3 is 4.90 Å². The minimum absolute atomic E-state index is 0.366. The predicted octanol–water partition coefficient (Wildman–Crippen LogP) is 0.246. The van der Waals surface area contributed by atoms with Crippen LogP contribution in [0.5, 0.6) is 0 Å². The van der Waals surface area contributed by atoms with E-state index in [1.165, 1.54) is 11.0 Å². The molecule has 0 fully saturated rings. The molecule has 0 heterocycles. The van der Waals surface area contributed by atoms with Gasteiger partial charge in [-0.3, -0.25) is 9.11 Å². The molecule has 7 nitrogen and oxygen atoms in total. The van der Waals surface area contributed by atoms with Crippen LogP contribution in [0.3, 0.4) is 0 Å². The molecule has 0 aliphatic heterocycles. The molecule has 1 aromatic carbocycles. The highest BCUT2D eigenvalue weighted by Crippen LogP contribution is 2.25. The first kappa shape index (κ1) is 13.9. The first-order valence-electron chi connectivity index (χ1n) is 4.30. The number of hydrogen-bond donors (Lipinski definition) is 2. The van der Waals surface area contributed by atoms with Gasteiger partial charge in [0, 0.05) is 19.8 Å². The van der Waals surface area contributed by atoms with Crippen molar-refractivity contribution in [1.29, 1.82) is 0 Å². The van der Waals surface area contributed by atoms with Gasteiger partial charge in [-0.05, 0) is 18.2 Å². The van der Waals surface area contributed by atoms with Crippen LogP contribution in [0.1, 0.15) is 0 Å². The lowest BCUT2D eigenvalue weighted by atomic mass is 10.3. The quantitative estimate of drug-likeness (QED) is 0.763. The summed E-state index contributed by atoms with van der Waals surface area (Å²) >= 11 is 0. The van der Waals surface area contributed by atoms with Crippen LogP contribution >= 0.6 is 0 Å².